The maximum absolute atomic E-state index is 13.4. The van der Waals surface area contributed by atoms with Crippen molar-refractivity contribution in [1.29, 1.82) is 0 Å². The van der Waals surface area contributed by atoms with Gasteiger partial charge in [0.05, 0.1) is 6.10 Å². The summed E-state index contributed by atoms with van der Waals surface area (Å²) in [4.78, 5) is 30.0. The number of nitrogens with one attached hydrogen (secondary N) is 1. The molecule has 8 nitrogen and oxygen atoms in total. The number of amides is 2. The van der Waals surface area contributed by atoms with Gasteiger partial charge in [0, 0.05) is 64.5 Å². The quantitative estimate of drug-likeness (QED) is 0.490. The molecule has 4 rings (SSSR count). The van der Waals surface area contributed by atoms with Crippen LogP contribution < -0.4 is 15.0 Å². The molecule has 0 radical (unpaired) electrons. The molecule has 2 aromatic rings. The Morgan fingerprint density at radius 3 is 2.56 bits per heavy atom. The first kappa shape index (κ1) is 28.9. The lowest BCUT2D eigenvalue weighted by molar-refractivity contribution is -0.123. The van der Waals surface area contributed by atoms with E-state index in [1.54, 1.807) is 7.05 Å². The molecule has 0 unspecified atom stereocenters. The average molecular weight is 537 g/mol. The van der Waals surface area contributed by atoms with Gasteiger partial charge in [0.15, 0.2) is 0 Å². The number of piperazine rings is 1. The number of hydrogen-bond donors (Lipinski definition) is 2. The number of hydrogen-bond acceptors (Lipinski definition) is 5. The van der Waals surface area contributed by atoms with Crippen LogP contribution in [-0.4, -0.2) is 79.3 Å². The second-order valence-corrected chi connectivity index (χ2v) is 11.3. The molecule has 0 aromatic heterocycles. The molecule has 1 saturated heterocycles. The van der Waals surface area contributed by atoms with Crippen molar-refractivity contribution < 1.29 is 19.4 Å². The summed E-state index contributed by atoms with van der Waals surface area (Å²) in [6, 6.07) is 14.8. The number of ether oxygens (including phenoxy) is 1. The summed E-state index contributed by atoms with van der Waals surface area (Å²) in [5.74, 6) is 0.999. The van der Waals surface area contributed by atoms with Crippen molar-refractivity contribution in [3.63, 3.8) is 0 Å². The van der Waals surface area contributed by atoms with E-state index in [4.69, 9.17) is 9.84 Å². The van der Waals surface area contributed by atoms with Crippen molar-refractivity contribution in [1.82, 2.24) is 15.1 Å². The molecule has 2 N–H and O–H groups in total. The molecule has 2 amide bonds. The smallest absolute Gasteiger partial charge is 0.407 e. The highest BCUT2D eigenvalue weighted by Crippen LogP contribution is 2.31. The minimum atomic E-state index is -0.924. The largest absolute Gasteiger partial charge is 0.490 e. The van der Waals surface area contributed by atoms with E-state index >= 15 is 0 Å². The van der Waals surface area contributed by atoms with E-state index in [0.29, 0.717) is 19.0 Å². The standard InChI is InChI=1S/C31H44N4O4/c1-22-18-27(11-8-26(22)21-35-17-15-32-23(2)20-35)34(4)30(36)25-9-12-28(13-10-25)39-29-7-5-6-24(19-29)14-16-33(3)31(37)38/h5-8,11,18-19,23,25,28,32H,9-10,12-17,20-21H2,1-4H3,(H,37,38)/t23-,25?,28?/m0/s1. The van der Waals surface area contributed by atoms with Crippen LogP contribution in [0.2, 0.25) is 0 Å². The molecular weight excluding hydrogens is 492 g/mol. The number of carbonyl (C=O) groups is 2. The molecule has 0 bridgehead atoms. The highest BCUT2D eigenvalue weighted by atomic mass is 16.5. The first-order chi connectivity index (χ1) is 18.7. The van der Waals surface area contributed by atoms with Crippen molar-refractivity contribution in [3.05, 3.63) is 59.2 Å². The van der Waals surface area contributed by atoms with Crippen molar-refractivity contribution in [2.45, 2.75) is 64.6 Å². The lowest BCUT2D eigenvalue weighted by atomic mass is 9.86. The van der Waals surface area contributed by atoms with Crippen LogP contribution in [0.4, 0.5) is 10.5 Å². The topological polar surface area (TPSA) is 85.3 Å². The maximum Gasteiger partial charge on any atom is 0.407 e. The maximum atomic E-state index is 13.4. The number of aryl methyl sites for hydroxylation is 1. The Balaban J connectivity index is 1.26. The van der Waals surface area contributed by atoms with Gasteiger partial charge < -0.3 is 25.0 Å². The molecule has 0 spiro atoms. The molecule has 2 aliphatic rings. The molecule has 8 heteroatoms. The molecular formula is C31H44N4O4. The number of benzene rings is 2. The fourth-order valence-corrected chi connectivity index (χ4v) is 5.65. The highest BCUT2D eigenvalue weighted by molar-refractivity contribution is 5.94. The monoisotopic (exact) mass is 536 g/mol. The number of carboxylic acid groups (broad SMARTS) is 1. The molecule has 2 fully saturated rings. The summed E-state index contributed by atoms with van der Waals surface area (Å²) < 4.78 is 6.26. The molecule has 1 aliphatic carbocycles. The van der Waals surface area contributed by atoms with Gasteiger partial charge in [-0.25, -0.2) is 4.79 Å². The SMILES string of the molecule is Cc1cc(N(C)C(=O)C2CCC(Oc3cccc(CCN(C)C(=O)O)c3)CC2)ccc1CN1CCN[C@@H](C)C1. The van der Waals surface area contributed by atoms with Crippen molar-refractivity contribution >= 4 is 17.7 Å². The molecule has 2 aromatic carbocycles. The van der Waals surface area contributed by atoms with E-state index < -0.39 is 6.09 Å². The second kappa shape index (κ2) is 13.3. The second-order valence-electron chi connectivity index (χ2n) is 11.3. The Bertz CT molecular complexity index is 1130. The van der Waals surface area contributed by atoms with Crippen LogP contribution in [0.5, 0.6) is 5.75 Å². The van der Waals surface area contributed by atoms with Gasteiger partial charge >= 0.3 is 6.09 Å². The molecule has 212 valence electrons. The Kier molecular flexibility index (Phi) is 9.86. The molecule has 1 aliphatic heterocycles. The lowest BCUT2D eigenvalue weighted by Gasteiger charge is -2.32. The van der Waals surface area contributed by atoms with E-state index in [9.17, 15) is 9.59 Å². The summed E-state index contributed by atoms with van der Waals surface area (Å²) in [7, 11) is 3.47. The van der Waals surface area contributed by atoms with Crippen LogP contribution in [0.3, 0.4) is 0 Å². The van der Waals surface area contributed by atoms with Gasteiger partial charge in [-0.05, 0) is 86.9 Å². The van der Waals surface area contributed by atoms with Crippen LogP contribution in [0.1, 0.15) is 49.3 Å². The van der Waals surface area contributed by atoms with Crippen molar-refractivity contribution in [3.8, 4) is 5.75 Å². The number of likely N-dealkylation sites (N-methyl/N-ethyl adjacent to an activating group) is 1. The normalized spacial score (nSPS) is 21.8. The molecule has 1 saturated carbocycles. The van der Waals surface area contributed by atoms with Gasteiger partial charge in [0.25, 0.3) is 0 Å². The van der Waals surface area contributed by atoms with Crippen LogP contribution in [0, 0.1) is 12.8 Å². The van der Waals surface area contributed by atoms with Gasteiger partial charge in [-0.3, -0.25) is 9.69 Å². The summed E-state index contributed by atoms with van der Waals surface area (Å²) >= 11 is 0. The zero-order valence-corrected chi connectivity index (χ0v) is 23.9. The van der Waals surface area contributed by atoms with Crippen LogP contribution >= 0.6 is 0 Å². The van der Waals surface area contributed by atoms with Crippen LogP contribution in [0.15, 0.2) is 42.5 Å². The minimum absolute atomic E-state index is 0.00932. The third kappa shape index (κ3) is 7.96. The predicted molar refractivity (Wildman–Crippen MR) is 155 cm³/mol. The lowest BCUT2D eigenvalue weighted by Crippen LogP contribution is -2.48. The van der Waals surface area contributed by atoms with E-state index in [1.807, 2.05) is 36.2 Å². The highest BCUT2D eigenvalue weighted by Gasteiger charge is 2.30. The third-order valence-corrected chi connectivity index (χ3v) is 8.18. The number of rotatable bonds is 9. The molecule has 39 heavy (non-hydrogen) atoms. The van der Waals surface area contributed by atoms with Crippen molar-refractivity contribution in [2.75, 3.05) is 45.2 Å². The minimum Gasteiger partial charge on any atom is -0.490 e. The molecule has 1 heterocycles. The number of nitrogens with zero attached hydrogens (tertiary/aromatic N) is 3. The van der Waals surface area contributed by atoms with Crippen molar-refractivity contribution in [2.24, 2.45) is 5.92 Å². The van der Waals surface area contributed by atoms with Crippen LogP contribution in [-0.2, 0) is 17.8 Å². The zero-order valence-electron chi connectivity index (χ0n) is 23.9. The van der Waals surface area contributed by atoms with Gasteiger partial charge in [-0.2, -0.15) is 0 Å². The molecule has 1 atom stereocenters. The van der Waals surface area contributed by atoms with Gasteiger partial charge in [-0.15, -0.1) is 0 Å². The van der Waals surface area contributed by atoms with E-state index in [-0.39, 0.29) is 17.9 Å². The first-order valence-electron chi connectivity index (χ1n) is 14.2. The van der Waals surface area contributed by atoms with Gasteiger partial charge in [-0.1, -0.05) is 18.2 Å². The Morgan fingerprint density at radius 2 is 1.87 bits per heavy atom. The number of carbonyl (C=O) groups excluding carboxylic acids is 1. The third-order valence-electron chi connectivity index (χ3n) is 8.18. The zero-order chi connectivity index (χ0) is 27.9. The fraction of sp³-hybridized carbons (Fsp3) is 0.548. The summed E-state index contributed by atoms with van der Waals surface area (Å²) in [6.07, 6.45) is 3.12. The van der Waals surface area contributed by atoms with E-state index in [2.05, 4.69) is 42.3 Å². The van der Waals surface area contributed by atoms with Crippen LogP contribution in [0.25, 0.3) is 0 Å². The summed E-state index contributed by atoms with van der Waals surface area (Å²) in [5, 5.41) is 12.5. The Hall–Kier alpha value is -3.10. The van der Waals surface area contributed by atoms with Gasteiger partial charge in [0.2, 0.25) is 5.91 Å². The fourth-order valence-electron chi connectivity index (χ4n) is 5.65. The Labute approximate surface area is 232 Å². The summed E-state index contributed by atoms with van der Waals surface area (Å²) in [6.45, 7) is 8.91. The summed E-state index contributed by atoms with van der Waals surface area (Å²) in [5.41, 5.74) is 4.56. The first-order valence-corrected chi connectivity index (χ1v) is 14.2. The average Bonchev–Trinajstić information content (AvgIpc) is 2.92. The van der Waals surface area contributed by atoms with Gasteiger partial charge in [0.1, 0.15) is 5.75 Å². The number of anilines is 1. The van der Waals surface area contributed by atoms with E-state index in [0.717, 1.165) is 68.9 Å². The predicted octanol–water partition coefficient (Wildman–Crippen LogP) is 4.54. The van der Waals surface area contributed by atoms with E-state index in [1.165, 1.54) is 16.0 Å². The Morgan fingerprint density at radius 1 is 1.10 bits per heavy atom.